The Kier molecular flexibility index (Phi) is 11.4. The minimum absolute atomic E-state index is 0.181. The van der Waals surface area contributed by atoms with Crippen LogP contribution in [-0.2, 0) is 6.42 Å². The van der Waals surface area contributed by atoms with Crippen molar-refractivity contribution in [2.75, 3.05) is 19.7 Å². The second-order valence-corrected chi connectivity index (χ2v) is 8.42. The van der Waals surface area contributed by atoms with Gasteiger partial charge < -0.3 is 15.2 Å². The van der Waals surface area contributed by atoms with Gasteiger partial charge in [0.05, 0.1) is 32.4 Å². The van der Waals surface area contributed by atoms with Crippen molar-refractivity contribution in [3.63, 3.8) is 0 Å². The first-order valence-electron chi connectivity index (χ1n) is 8.85. The van der Waals surface area contributed by atoms with Gasteiger partial charge in [-0.15, -0.1) is 0 Å². The number of ether oxygens (including phenoxy) is 1. The van der Waals surface area contributed by atoms with E-state index >= 15 is 0 Å². The van der Waals surface area contributed by atoms with Gasteiger partial charge in [0, 0.05) is 48.1 Å². The Bertz CT molecular complexity index is 890. The van der Waals surface area contributed by atoms with Crippen LogP contribution in [0.2, 0.25) is 30.1 Å². The standard InChI is InChI=1S/C12H4Cl6O.C8H13N3O/c13-5-1-7(15)11(8(16)2-5)19-12-9(17)3-6(14)4-10(12)18;12-6-5-9-2-1-8-7-10-3-4-11-8/h1-4H;3-4,7,9,12H,1-2,5-6H2. The molecule has 3 rings (SSSR count). The van der Waals surface area contributed by atoms with Gasteiger partial charge in [-0.25, -0.2) is 0 Å². The van der Waals surface area contributed by atoms with Crippen molar-refractivity contribution >= 4 is 69.6 Å². The zero-order valence-electron chi connectivity index (χ0n) is 15.9. The fraction of sp³-hybridized carbons (Fsp3) is 0.200. The van der Waals surface area contributed by atoms with Crippen LogP contribution in [0.15, 0.2) is 42.9 Å². The molecule has 2 N–H and O–H groups in total. The molecule has 2 aromatic carbocycles. The van der Waals surface area contributed by atoms with E-state index in [0.717, 1.165) is 18.7 Å². The predicted molar refractivity (Wildman–Crippen MR) is 129 cm³/mol. The Balaban J connectivity index is 0.000000245. The van der Waals surface area contributed by atoms with Crippen molar-refractivity contribution in [3.8, 4) is 11.5 Å². The van der Waals surface area contributed by atoms with Crippen LogP contribution in [0.5, 0.6) is 11.5 Å². The maximum absolute atomic E-state index is 8.47. The highest BCUT2D eigenvalue weighted by molar-refractivity contribution is 6.41. The third-order valence-corrected chi connectivity index (χ3v) is 5.15. The smallest absolute Gasteiger partial charge is 0.164 e. The summed E-state index contributed by atoms with van der Waals surface area (Å²) in [7, 11) is 0. The fourth-order valence-electron chi connectivity index (χ4n) is 2.23. The monoisotopic (exact) mass is 541 g/mol. The molecular formula is C20H17Cl6N3O2. The average Bonchev–Trinajstić information content (AvgIpc) is 2.71. The average molecular weight is 544 g/mol. The van der Waals surface area contributed by atoms with Crippen LogP contribution in [0.4, 0.5) is 0 Å². The largest absolute Gasteiger partial charge is 0.451 e. The van der Waals surface area contributed by atoms with Crippen LogP contribution in [0.1, 0.15) is 5.69 Å². The summed E-state index contributed by atoms with van der Waals surface area (Å²) in [5, 5.41) is 13.3. The van der Waals surface area contributed by atoms with Crippen LogP contribution < -0.4 is 10.1 Å². The summed E-state index contributed by atoms with van der Waals surface area (Å²) in [6.45, 7) is 1.65. The van der Waals surface area contributed by atoms with Crippen LogP contribution in [0.3, 0.4) is 0 Å². The van der Waals surface area contributed by atoms with E-state index in [2.05, 4.69) is 15.3 Å². The molecule has 0 aliphatic heterocycles. The molecule has 0 saturated heterocycles. The van der Waals surface area contributed by atoms with Gasteiger partial charge in [0.25, 0.3) is 0 Å². The van der Waals surface area contributed by atoms with Crippen LogP contribution in [-0.4, -0.2) is 34.8 Å². The summed E-state index contributed by atoms with van der Waals surface area (Å²) < 4.78 is 5.57. The number of nitrogens with one attached hydrogen (secondary N) is 1. The van der Waals surface area contributed by atoms with E-state index < -0.39 is 0 Å². The molecule has 0 aliphatic rings. The summed E-state index contributed by atoms with van der Waals surface area (Å²) in [6.07, 6.45) is 5.94. The summed E-state index contributed by atoms with van der Waals surface area (Å²) in [5.74, 6) is 0.442. The van der Waals surface area contributed by atoms with Crippen molar-refractivity contribution in [1.29, 1.82) is 0 Å². The Morgan fingerprint density at radius 2 is 1.29 bits per heavy atom. The van der Waals surface area contributed by atoms with E-state index in [1.165, 1.54) is 24.3 Å². The number of hydrogen-bond acceptors (Lipinski definition) is 5. The van der Waals surface area contributed by atoms with Gasteiger partial charge in [-0.05, 0) is 24.3 Å². The molecule has 0 spiro atoms. The molecule has 0 bridgehead atoms. The number of aromatic nitrogens is 2. The lowest BCUT2D eigenvalue weighted by Gasteiger charge is -2.12. The molecule has 0 saturated carbocycles. The zero-order valence-corrected chi connectivity index (χ0v) is 20.4. The second kappa shape index (κ2) is 13.5. The van der Waals surface area contributed by atoms with Gasteiger partial charge in [-0.3, -0.25) is 9.97 Å². The molecule has 11 heteroatoms. The number of benzene rings is 2. The van der Waals surface area contributed by atoms with Gasteiger partial charge in [0.2, 0.25) is 0 Å². The SMILES string of the molecule is Clc1cc(Cl)c(Oc2c(Cl)cc(Cl)cc2Cl)c(Cl)c1.OCCNCCc1cnccn1. The molecule has 0 amide bonds. The quantitative estimate of drug-likeness (QED) is 0.314. The molecule has 0 radical (unpaired) electrons. The minimum Gasteiger partial charge on any atom is -0.451 e. The van der Waals surface area contributed by atoms with E-state index in [4.69, 9.17) is 79.4 Å². The summed E-state index contributed by atoms with van der Waals surface area (Å²) in [5.41, 5.74) is 0.975. The lowest BCUT2D eigenvalue weighted by atomic mass is 10.3. The number of aliphatic hydroxyl groups excluding tert-OH is 1. The lowest BCUT2D eigenvalue weighted by molar-refractivity contribution is 0.292. The van der Waals surface area contributed by atoms with Gasteiger partial charge in [-0.2, -0.15) is 0 Å². The Morgan fingerprint density at radius 3 is 1.71 bits per heavy atom. The molecule has 5 nitrogen and oxygen atoms in total. The third-order valence-electron chi connectivity index (χ3n) is 3.59. The fourth-order valence-corrected chi connectivity index (χ4v) is 4.02. The molecule has 0 aliphatic carbocycles. The maximum atomic E-state index is 8.47. The van der Waals surface area contributed by atoms with E-state index in [9.17, 15) is 0 Å². The van der Waals surface area contributed by atoms with Gasteiger partial charge >= 0.3 is 0 Å². The first-order valence-corrected chi connectivity index (χ1v) is 11.1. The van der Waals surface area contributed by atoms with Crippen LogP contribution in [0.25, 0.3) is 0 Å². The molecule has 0 fully saturated rings. The van der Waals surface area contributed by atoms with E-state index in [0.29, 0.717) is 16.6 Å². The summed E-state index contributed by atoms with van der Waals surface area (Å²) >= 11 is 35.7. The Labute approximate surface area is 210 Å². The molecule has 166 valence electrons. The zero-order chi connectivity index (χ0) is 22.8. The van der Waals surface area contributed by atoms with Crippen molar-refractivity contribution in [2.24, 2.45) is 0 Å². The maximum Gasteiger partial charge on any atom is 0.164 e. The highest BCUT2D eigenvalue weighted by Gasteiger charge is 2.15. The highest BCUT2D eigenvalue weighted by atomic mass is 35.5. The molecule has 0 unspecified atom stereocenters. The lowest BCUT2D eigenvalue weighted by Crippen LogP contribution is -2.21. The van der Waals surface area contributed by atoms with Crippen LogP contribution in [0, 0.1) is 0 Å². The number of hydrogen-bond donors (Lipinski definition) is 2. The van der Waals surface area contributed by atoms with Crippen molar-refractivity contribution in [2.45, 2.75) is 6.42 Å². The topological polar surface area (TPSA) is 67.3 Å². The van der Waals surface area contributed by atoms with Crippen molar-refractivity contribution in [3.05, 3.63) is 78.7 Å². The highest BCUT2D eigenvalue weighted by Crippen LogP contribution is 2.44. The van der Waals surface area contributed by atoms with E-state index in [1.54, 1.807) is 18.6 Å². The van der Waals surface area contributed by atoms with E-state index in [1.807, 2.05) is 0 Å². The molecular weight excluding hydrogens is 527 g/mol. The van der Waals surface area contributed by atoms with Gasteiger partial charge in [-0.1, -0.05) is 69.6 Å². The third kappa shape index (κ3) is 8.79. The number of nitrogens with zero attached hydrogens (tertiary/aromatic N) is 2. The number of aliphatic hydroxyl groups is 1. The summed E-state index contributed by atoms with van der Waals surface area (Å²) in [6, 6.07) is 6.01. The van der Waals surface area contributed by atoms with Crippen LogP contribution >= 0.6 is 69.6 Å². The predicted octanol–water partition coefficient (Wildman–Crippen LogP) is 7.00. The van der Waals surface area contributed by atoms with Crippen molar-refractivity contribution < 1.29 is 9.84 Å². The molecule has 1 heterocycles. The first-order chi connectivity index (χ1) is 14.8. The first kappa shape index (κ1) is 26.2. The Morgan fingerprint density at radius 1 is 0.774 bits per heavy atom. The minimum atomic E-state index is 0.181. The Hall–Kier alpha value is -1.02. The normalized spacial score (nSPS) is 10.4. The molecule has 1 aromatic heterocycles. The molecule has 31 heavy (non-hydrogen) atoms. The van der Waals surface area contributed by atoms with E-state index in [-0.39, 0.29) is 38.2 Å². The number of halogens is 6. The van der Waals surface area contributed by atoms with Gasteiger partial charge in [0.15, 0.2) is 11.5 Å². The summed E-state index contributed by atoms with van der Waals surface area (Å²) in [4.78, 5) is 8.06. The van der Waals surface area contributed by atoms with Crippen molar-refractivity contribution in [1.82, 2.24) is 15.3 Å². The second-order valence-electron chi connectivity index (χ2n) is 5.92. The van der Waals surface area contributed by atoms with Gasteiger partial charge in [0.1, 0.15) is 0 Å². The molecule has 3 aromatic rings. The number of rotatable bonds is 7. The molecule has 0 atom stereocenters.